The number of amides is 1. The molecule has 0 aromatic heterocycles. The Balaban J connectivity index is 1.62. The highest BCUT2D eigenvalue weighted by molar-refractivity contribution is 7.89. The minimum atomic E-state index is -3.61. The zero-order chi connectivity index (χ0) is 20.3. The van der Waals surface area contributed by atoms with Gasteiger partial charge in [0.1, 0.15) is 0 Å². The summed E-state index contributed by atoms with van der Waals surface area (Å²) >= 11 is 0. The van der Waals surface area contributed by atoms with E-state index >= 15 is 0 Å². The van der Waals surface area contributed by atoms with Crippen molar-refractivity contribution in [3.8, 4) is 0 Å². The van der Waals surface area contributed by atoms with Gasteiger partial charge in [-0.1, -0.05) is 19.9 Å². The summed E-state index contributed by atoms with van der Waals surface area (Å²) in [5.74, 6) is -0.0516. The molecule has 0 unspecified atom stereocenters. The number of hydrogen-bond acceptors (Lipinski definition) is 5. The second kappa shape index (κ2) is 8.61. The molecule has 2 aliphatic rings. The maximum Gasteiger partial charge on any atom is 0.338 e. The number of esters is 1. The third-order valence-corrected chi connectivity index (χ3v) is 7.22. The van der Waals surface area contributed by atoms with Crippen LogP contribution in [0.5, 0.6) is 0 Å². The van der Waals surface area contributed by atoms with Crippen LogP contribution in [0.25, 0.3) is 0 Å². The van der Waals surface area contributed by atoms with Crippen molar-refractivity contribution >= 4 is 21.9 Å². The van der Waals surface area contributed by atoms with E-state index < -0.39 is 16.0 Å². The molecule has 28 heavy (non-hydrogen) atoms. The first-order chi connectivity index (χ1) is 13.3. The van der Waals surface area contributed by atoms with Crippen molar-refractivity contribution in [2.45, 2.75) is 38.0 Å². The lowest BCUT2D eigenvalue weighted by Gasteiger charge is -2.34. The minimum absolute atomic E-state index is 0.0776. The highest BCUT2D eigenvalue weighted by Crippen LogP contribution is 2.23. The molecule has 1 aromatic carbocycles. The number of nitrogens with zero attached hydrogens (tertiary/aromatic N) is 2. The van der Waals surface area contributed by atoms with Gasteiger partial charge in [-0.2, -0.15) is 4.31 Å². The molecule has 7 nitrogen and oxygen atoms in total. The molecule has 8 heteroatoms. The molecular formula is C20H28N2O5S. The number of hydrogen-bond donors (Lipinski definition) is 0. The predicted molar refractivity (Wildman–Crippen MR) is 104 cm³/mol. The smallest absolute Gasteiger partial charge is 0.338 e. The van der Waals surface area contributed by atoms with E-state index in [1.54, 1.807) is 4.90 Å². The van der Waals surface area contributed by atoms with E-state index in [2.05, 4.69) is 13.8 Å². The summed E-state index contributed by atoms with van der Waals surface area (Å²) in [5, 5.41) is 0. The SMILES string of the molecule is C[C@H]1C[C@H](C)CN(C(=O)COC(=O)c2cccc(S(=O)(=O)N3CCCC3)c2)C1. The summed E-state index contributed by atoms with van der Waals surface area (Å²) in [6, 6.07) is 5.83. The van der Waals surface area contributed by atoms with Crippen molar-refractivity contribution in [1.82, 2.24) is 9.21 Å². The fourth-order valence-electron chi connectivity index (χ4n) is 4.03. The Morgan fingerprint density at radius 1 is 1.11 bits per heavy atom. The van der Waals surface area contributed by atoms with Gasteiger partial charge in [0.25, 0.3) is 5.91 Å². The lowest BCUT2D eigenvalue weighted by molar-refractivity contribution is -0.137. The van der Waals surface area contributed by atoms with Crippen molar-refractivity contribution in [3.05, 3.63) is 29.8 Å². The highest BCUT2D eigenvalue weighted by atomic mass is 32.2. The van der Waals surface area contributed by atoms with Crippen molar-refractivity contribution < 1.29 is 22.7 Å². The van der Waals surface area contributed by atoms with Crippen LogP contribution in [0, 0.1) is 11.8 Å². The van der Waals surface area contributed by atoms with E-state index in [0.717, 1.165) is 19.3 Å². The van der Waals surface area contributed by atoms with Crippen LogP contribution in [0.2, 0.25) is 0 Å². The van der Waals surface area contributed by atoms with Gasteiger partial charge in [-0.05, 0) is 49.3 Å². The van der Waals surface area contributed by atoms with Crippen molar-refractivity contribution in [2.75, 3.05) is 32.8 Å². The van der Waals surface area contributed by atoms with Gasteiger partial charge in [-0.15, -0.1) is 0 Å². The predicted octanol–water partition coefficient (Wildman–Crippen LogP) is 2.13. The largest absolute Gasteiger partial charge is 0.452 e. The number of ether oxygens (including phenoxy) is 1. The molecule has 2 fully saturated rings. The van der Waals surface area contributed by atoms with Crippen molar-refractivity contribution in [2.24, 2.45) is 11.8 Å². The molecule has 0 radical (unpaired) electrons. The number of benzene rings is 1. The van der Waals surface area contributed by atoms with Crippen molar-refractivity contribution in [1.29, 1.82) is 0 Å². The van der Waals surface area contributed by atoms with E-state index in [9.17, 15) is 18.0 Å². The Morgan fingerprint density at radius 2 is 1.75 bits per heavy atom. The van der Waals surface area contributed by atoms with E-state index in [1.807, 2.05) is 0 Å². The minimum Gasteiger partial charge on any atom is -0.452 e. The van der Waals surface area contributed by atoms with Crippen LogP contribution in [0.15, 0.2) is 29.2 Å². The molecular weight excluding hydrogens is 380 g/mol. The molecule has 1 aromatic rings. The quantitative estimate of drug-likeness (QED) is 0.697. The second-order valence-corrected chi connectivity index (χ2v) is 9.90. The van der Waals surface area contributed by atoms with Gasteiger partial charge in [0.05, 0.1) is 10.5 Å². The summed E-state index contributed by atoms with van der Waals surface area (Å²) in [7, 11) is -3.61. The summed E-state index contributed by atoms with van der Waals surface area (Å²) < 4.78 is 31.9. The van der Waals surface area contributed by atoms with Gasteiger partial charge in [0, 0.05) is 26.2 Å². The number of piperidine rings is 1. The van der Waals surface area contributed by atoms with Gasteiger partial charge < -0.3 is 9.64 Å². The fourth-order valence-corrected chi connectivity index (χ4v) is 5.59. The summed E-state index contributed by atoms with van der Waals surface area (Å²) in [6.45, 7) is 6.22. The Morgan fingerprint density at radius 3 is 2.39 bits per heavy atom. The number of carbonyl (C=O) groups is 2. The molecule has 0 saturated carbocycles. The molecule has 3 rings (SSSR count). The first-order valence-corrected chi connectivity index (χ1v) is 11.3. The Bertz CT molecular complexity index is 823. The Labute approximate surface area is 166 Å². The third-order valence-electron chi connectivity index (χ3n) is 5.32. The first-order valence-electron chi connectivity index (χ1n) is 9.82. The van der Waals surface area contributed by atoms with Gasteiger partial charge in [-0.3, -0.25) is 4.79 Å². The highest BCUT2D eigenvalue weighted by Gasteiger charge is 2.28. The van der Waals surface area contributed by atoms with Crippen LogP contribution in [-0.4, -0.2) is 62.3 Å². The van der Waals surface area contributed by atoms with E-state index in [-0.39, 0.29) is 23.0 Å². The summed E-state index contributed by atoms with van der Waals surface area (Å²) in [5.41, 5.74) is 0.133. The maximum atomic E-state index is 12.7. The van der Waals surface area contributed by atoms with Crippen LogP contribution in [0.3, 0.4) is 0 Å². The average Bonchev–Trinajstić information content (AvgIpc) is 3.21. The molecule has 0 N–H and O–H groups in total. The van der Waals surface area contributed by atoms with Crippen molar-refractivity contribution in [3.63, 3.8) is 0 Å². The van der Waals surface area contributed by atoms with E-state index in [1.165, 1.54) is 28.6 Å². The number of rotatable bonds is 5. The topological polar surface area (TPSA) is 84.0 Å². The summed E-state index contributed by atoms with van der Waals surface area (Å²) in [6.07, 6.45) is 2.77. The number of sulfonamides is 1. The van der Waals surface area contributed by atoms with Crippen LogP contribution in [0.1, 0.15) is 43.5 Å². The lowest BCUT2D eigenvalue weighted by atomic mass is 9.92. The standard InChI is InChI=1S/C20H28N2O5S/c1-15-10-16(2)13-21(12-15)19(23)14-27-20(24)17-6-5-7-18(11-17)28(25,26)22-8-3-4-9-22/h5-7,11,15-16H,3-4,8-10,12-14H2,1-2H3/t15-,16-/m0/s1. The monoisotopic (exact) mass is 408 g/mol. The average molecular weight is 409 g/mol. The number of carbonyl (C=O) groups excluding carboxylic acids is 2. The fraction of sp³-hybridized carbons (Fsp3) is 0.600. The van der Waals surface area contributed by atoms with E-state index in [4.69, 9.17) is 4.74 Å². The van der Waals surface area contributed by atoms with Gasteiger partial charge in [-0.25, -0.2) is 13.2 Å². The molecule has 154 valence electrons. The maximum absolute atomic E-state index is 12.7. The second-order valence-electron chi connectivity index (χ2n) is 7.96. The molecule has 1 amide bonds. The molecule has 2 heterocycles. The molecule has 0 spiro atoms. The molecule has 2 aliphatic heterocycles. The molecule has 0 aliphatic carbocycles. The van der Waals surface area contributed by atoms with Crippen LogP contribution >= 0.6 is 0 Å². The Kier molecular flexibility index (Phi) is 6.40. The van der Waals surface area contributed by atoms with Crippen LogP contribution < -0.4 is 0 Å². The lowest BCUT2D eigenvalue weighted by Crippen LogP contribution is -2.44. The zero-order valence-corrected chi connectivity index (χ0v) is 17.3. The zero-order valence-electron chi connectivity index (χ0n) is 16.5. The normalized spacial score (nSPS) is 23.6. The first kappa shape index (κ1) is 20.8. The third kappa shape index (κ3) is 4.72. The molecule has 2 atom stereocenters. The van der Waals surface area contributed by atoms with Crippen LogP contribution in [-0.2, 0) is 19.6 Å². The Hall–Kier alpha value is -1.93. The number of likely N-dealkylation sites (tertiary alicyclic amines) is 1. The summed E-state index contributed by atoms with van der Waals surface area (Å²) in [4.78, 5) is 26.5. The van der Waals surface area contributed by atoms with Gasteiger partial charge in [0.2, 0.25) is 10.0 Å². The molecule has 2 saturated heterocycles. The molecule has 0 bridgehead atoms. The van der Waals surface area contributed by atoms with Gasteiger partial charge in [0.15, 0.2) is 6.61 Å². The van der Waals surface area contributed by atoms with Gasteiger partial charge >= 0.3 is 5.97 Å². The van der Waals surface area contributed by atoms with E-state index in [0.29, 0.717) is 38.0 Å². The van der Waals surface area contributed by atoms with Crippen LogP contribution in [0.4, 0.5) is 0 Å².